The maximum atomic E-state index is 12.8. The van der Waals surface area contributed by atoms with Crippen LogP contribution in [0.2, 0.25) is 0 Å². The number of carbonyl (C=O) groups is 1. The number of hydrogen-bond acceptors (Lipinski definition) is 1. The lowest BCUT2D eigenvalue weighted by molar-refractivity contribution is -0.122. The number of Topliss-reactive ketones (excluding diaryl/α,β-unsaturated/α-hetero) is 1. The zero-order valence-corrected chi connectivity index (χ0v) is 13.7. The fraction of sp³-hybridized carbons (Fsp3) is 0.350. The van der Waals surface area contributed by atoms with Crippen LogP contribution in [-0.2, 0) is 16.6 Å². The number of aryl methyl sites for hydroxylation is 3. The lowest BCUT2D eigenvalue weighted by Gasteiger charge is -2.24. The first kappa shape index (κ1) is 15.5. The summed E-state index contributed by atoms with van der Waals surface area (Å²) >= 11 is 0. The van der Waals surface area contributed by atoms with E-state index in [9.17, 15) is 4.79 Å². The highest BCUT2D eigenvalue weighted by Gasteiger charge is 2.29. The van der Waals surface area contributed by atoms with Gasteiger partial charge >= 0.3 is 0 Å². The zero-order chi connectivity index (χ0) is 15.6. The summed E-state index contributed by atoms with van der Waals surface area (Å²) in [6.07, 6.45) is 0.500. The molecule has 0 heterocycles. The molecule has 0 radical (unpaired) electrons. The molecule has 2 aromatic carbocycles. The number of carbonyl (C=O) groups excluding carboxylic acids is 1. The predicted molar refractivity (Wildman–Crippen MR) is 88.8 cm³/mol. The minimum Gasteiger partial charge on any atom is -0.298 e. The fourth-order valence-electron chi connectivity index (χ4n) is 2.89. The number of hydrogen-bond donors (Lipinski definition) is 0. The van der Waals surface area contributed by atoms with Gasteiger partial charge in [-0.1, -0.05) is 48.0 Å². The Morgan fingerprint density at radius 1 is 0.952 bits per heavy atom. The molecule has 0 aliphatic rings. The highest BCUT2D eigenvalue weighted by atomic mass is 16.1. The third-order valence-electron chi connectivity index (χ3n) is 4.37. The highest BCUT2D eigenvalue weighted by molar-refractivity contribution is 5.91. The van der Waals surface area contributed by atoms with E-state index in [2.05, 4.69) is 32.9 Å². The van der Waals surface area contributed by atoms with Crippen LogP contribution in [0.25, 0.3) is 0 Å². The van der Waals surface area contributed by atoms with Gasteiger partial charge in [-0.15, -0.1) is 0 Å². The van der Waals surface area contributed by atoms with Gasteiger partial charge in [0, 0.05) is 11.8 Å². The van der Waals surface area contributed by atoms with Crippen molar-refractivity contribution in [3.8, 4) is 0 Å². The van der Waals surface area contributed by atoms with Crippen LogP contribution < -0.4 is 0 Å². The highest BCUT2D eigenvalue weighted by Crippen LogP contribution is 2.27. The van der Waals surface area contributed by atoms with E-state index in [-0.39, 0.29) is 5.78 Å². The first-order chi connectivity index (χ1) is 9.82. The first-order valence-corrected chi connectivity index (χ1v) is 7.48. The molecule has 2 rings (SSSR count). The van der Waals surface area contributed by atoms with E-state index in [1.165, 1.54) is 22.3 Å². The van der Waals surface area contributed by atoms with Crippen LogP contribution in [0.15, 0.2) is 42.5 Å². The van der Waals surface area contributed by atoms with Crippen molar-refractivity contribution >= 4 is 5.78 Å². The van der Waals surface area contributed by atoms with Gasteiger partial charge in [-0.25, -0.2) is 0 Å². The topological polar surface area (TPSA) is 17.1 Å². The van der Waals surface area contributed by atoms with Gasteiger partial charge in [-0.2, -0.15) is 0 Å². The van der Waals surface area contributed by atoms with E-state index in [1.807, 2.05) is 44.2 Å². The smallest absolute Gasteiger partial charge is 0.147 e. The molecule has 0 spiro atoms. The van der Waals surface area contributed by atoms with E-state index in [4.69, 9.17) is 0 Å². The molecule has 0 fully saturated rings. The summed E-state index contributed by atoms with van der Waals surface area (Å²) in [4.78, 5) is 12.8. The number of benzene rings is 2. The molecule has 0 amide bonds. The minimum absolute atomic E-state index is 0.267. The van der Waals surface area contributed by atoms with Crippen LogP contribution in [-0.4, -0.2) is 5.78 Å². The van der Waals surface area contributed by atoms with E-state index in [0.717, 1.165) is 5.56 Å². The van der Waals surface area contributed by atoms with E-state index >= 15 is 0 Å². The van der Waals surface area contributed by atoms with Crippen molar-refractivity contribution in [2.45, 2.75) is 46.5 Å². The molecule has 0 atom stereocenters. The molecule has 1 heteroatoms. The van der Waals surface area contributed by atoms with Crippen LogP contribution in [0.3, 0.4) is 0 Å². The molecule has 0 bridgehead atoms. The molecule has 0 saturated heterocycles. The Bertz CT molecular complexity index is 628. The summed E-state index contributed by atoms with van der Waals surface area (Å²) in [7, 11) is 0. The molecule has 110 valence electrons. The van der Waals surface area contributed by atoms with Crippen molar-refractivity contribution in [1.29, 1.82) is 0 Å². The van der Waals surface area contributed by atoms with Crippen molar-refractivity contribution in [2.24, 2.45) is 0 Å². The summed E-state index contributed by atoms with van der Waals surface area (Å²) in [6, 6.07) is 14.4. The lowest BCUT2D eigenvalue weighted by atomic mass is 9.77. The Hall–Kier alpha value is -1.89. The van der Waals surface area contributed by atoms with Crippen molar-refractivity contribution in [2.75, 3.05) is 0 Å². The quantitative estimate of drug-likeness (QED) is 0.793. The second kappa shape index (κ2) is 5.85. The maximum Gasteiger partial charge on any atom is 0.147 e. The maximum absolute atomic E-state index is 12.8. The number of ketones is 1. The van der Waals surface area contributed by atoms with Gasteiger partial charge in [0.05, 0.1) is 0 Å². The van der Waals surface area contributed by atoms with Gasteiger partial charge in [-0.3, -0.25) is 4.79 Å². The zero-order valence-electron chi connectivity index (χ0n) is 13.7. The fourth-order valence-corrected chi connectivity index (χ4v) is 2.89. The molecule has 0 aliphatic carbocycles. The van der Waals surface area contributed by atoms with Crippen LogP contribution in [0, 0.1) is 20.8 Å². The lowest BCUT2D eigenvalue weighted by Crippen LogP contribution is -2.31. The Morgan fingerprint density at radius 3 is 2.00 bits per heavy atom. The molecule has 1 nitrogen and oxygen atoms in total. The second-order valence-electron chi connectivity index (χ2n) is 6.47. The molecule has 0 aromatic heterocycles. The first-order valence-electron chi connectivity index (χ1n) is 7.48. The standard InChI is InChI=1S/C20H24O/c1-14-11-15(2)18(16(3)12-14)13-19(21)20(4,5)17-9-7-6-8-10-17/h6-12H,13H2,1-5H3. The summed E-state index contributed by atoms with van der Waals surface area (Å²) in [5, 5.41) is 0. The Balaban J connectivity index is 2.30. The SMILES string of the molecule is Cc1cc(C)c(CC(=O)C(C)(C)c2ccccc2)c(C)c1. The van der Waals surface area contributed by atoms with Crippen LogP contribution in [0.5, 0.6) is 0 Å². The van der Waals surface area contributed by atoms with E-state index in [0.29, 0.717) is 6.42 Å². The second-order valence-corrected chi connectivity index (χ2v) is 6.47. The molecule has 0 unspecified atom stereocenters. The molecule has 0 aliphatic heterocycles. The van der Waals surface area contributed by atoms with Gasteiger partial charge in [0.2, 0.25) is 0 Å². The van der Waals surface area contributed by atoms with Gasteiger partial charge in [0.25, 0.3) is 0 Å². The molecule has 0 N–H and O–H groups in total. The summed E-state index contributed by atoms with van der Waals surface area (Å²) in [5.74, 6) is 0.267. The minimum atomic E-state index is -0.453. The molecular formula is C20H24O. The van der Waals surface area contributed by atoms with Crippen LogP contribution in [0.1, 0.15) is 41.7 Å². The Labute approximate surface area is 128 Å². The Kier molecular flexibility index (Phi) is 4.32. The predicted octanol–water partition coefficient (Wildman–Crippen LogP) is 4.70. The summed E-state index contributed by atoms with van der Waals surface area (Å²) in [6.45, 7) is 10.3. The van der Waals surface area contributed by atoms with Crippen molar-refractivity contribution in [3.05, 3.63) is 70.3 Å². The monoisotopic (exact) mass is 280 g/mol. The van der Waals surface area contributed by atoms with Crippen molar-refractivity contribution in [3.63, 3.8) is 0 Å². The number of rotatable bonds is 4. The molecule has 2 aromatic rings. The Morgan fingerprint density at radius 2 is 1.48 bits per heavy atom. The van der Waals surface area contributed by atoms with E-state index in [1.54, 1.807) is 0 Å². The summed E-state index contributed by atoms with van der Waals surface area (Å²) in [5.41, 5.74) is 5.48. The van der Waals surface area contributed by atoms with Crippen molar-refractivity contribution in [1.82, 2.24) is 0 Å². The van der Waals surface area contributed by atoms with Crippen LogP contribution in [0.4, 0.5) is 0 Å². The van der Waals surface area contributed by atoms with Gasteiger partial charge in [0.1, 0.15) is 5.78 Å². The average molecular weight is 280 g/mol. The normalized spacial score (nSPS) is 11.5. The van der Waals surface area contributed by atoms with Gasteiger partial charge in [0.15, 0.2) is 0 Å². The largest absolute Gasteiger partial charge is 0.298 e. The average Bonchev–Trinajstić information content (AvgIpc) is 2.43. The molecule has 21 heavy (non-hydrogen) atoms. The van der Waals surface area contributed by atoms with Crippen molar-refractivity contribution < 1.29 is 4.79 Å². The van der Waals surface area contributed by atoms with E-state index < -0.39 is 5.41 Å². The summed E-state index contributed by atoms with van der Waals surface area (Å²) < 4.78 is 0. The molecular weight excluding hydrogens is 256 g/mol. The van der Waals surface area contributed by atoms with Gasteiger partial charge in [-0.05, 0) is 56.9 Å². The molecule has 0 saturated carbocycles. The van der Waals surface area contributed by atoms with Gasteiger partial charge < -0.3 is 0 Å². The third kappa shape index (κ3) is 3.24. The van der Waals surface area contributed by atoms with Crippen LogP contribution >= 0.6 is 0 Å². The third-order valence-corrected chi connectivity index (χ3v) is 4.37.